The standard InChI is InChI=1S/C22H43N5/c1-4-5-6-7-8-9-12-25(13-10-15-26-19-17-23(2)21-26)14-11-16-27-20-18-24(3)22-27/h17-20H,4-16,21-22H2,1-3H3. The lowest BCUT2D eigenvalue weighted by Crippen LogP contribution is -2.32. The Kier molecular flexibility index (Phi) is 10.5. The molecule has 156 valence electrons. The molecule has 0 saturated heterocycles. The van der Waals surface area contributed by atoms with Crippen LogP contribution >= 0.6 is 0 Å². The molecule has 0 aromatic carbocycles. The van der Waals surface area contributed by atoms with Gasteiger partial charge in [-0.2, -0.15) is 0 Å². The van der Waals surface area contributed by atoms with E-state index in [9.17, 15) is 0 Å². The maximum Gasteiger partial charge on any atom is 0.0890 e. The van der Waals surface area contributed by atoms with Crippen molar-refractivity contribution in [1.29, 1.82) is 0 Å². The summed E-state index contributed by atoms with van der Waals surface area (Å²) in [5, 5.41) is 0. The van der Waals surface area contributed by atoms with E-state index in [0.717, 1.165) is 13.3 Å². The van der Waals surface area contributed by atoms with Crippen molar-refractivity contribution in [2.24, 2.45) is 0 Å². The molecule has 0 radical (unpaired) electrons. The minimum atomic E-state index is 1.05. The van der Waals surface area contributed by atoms with Crippen LogP contribution in [-0.2, 0) is 0 Å². The predicted octanol–water partition coefficient (Wildman–Crippen LogP) is 3.78. The summed E-state index contributed by atoms with van der Waals surface area (Å²) in [6.07, 6.45) is 19.7. The number of rotatable bonds is 15. The highest BCUT2D eigenvalue weighted by molar-refractivity contribution is 4.89. The lowest BCUT2D eigenvalue weighted by Gasteiger charge is -2.26. The molecule has 0 spiro atoms. The summed E-state index contributed by atoms with van der Waals surface area (Å²) in [4.78, 5) is 12.1. The van der Waals surface area contributed by atoms with E-state index in [0.29, 0.717) is 0 Å². The molecule has 5 heteroatoms. The van der Waals surface area contributed by atoms with E-state index in [1.165, 1.54) is 84.1 Å². The summed E-state index contributed by atoms with van der Waals surface area (Å²) < 4.78 is 0. The average molecular weight is 378 g/mol. The van der Waals surface area contributed by atoms with E-state index in [1.807, 2.05) is 0 Å². The second kappa shape index (κ2) is 12.9. The molecule has 2 aliphatic heterocycles. The fourth-order valence-electron chi connectivity index (χ4n) is 3.91. The van der Waals surface area contributed by atoms with Crippen LogP contribution in [0.2, 0.25) is 0 Å². The minimum Gasteiger partial charge on any atom is -0.362 e. The Morgan fingerprint density at radius 3 is 1.59 bits per heavy atom. The highest BCUT2D eigenvalue weighted by atomic mass is 15.3. The monoisotopic (exact) mass is 377 g/mol. The van der Waals surface area contributed by atoms with Gasteiger partial charge in [0.1, 0.15) is 0 Å². The van der Waals surface area contributed by atoms with Gasteiger partial charge < -0.3 is 24.5 Å². The van der Waals surface area contributed by atoms with Crippen molar-refractivity contribution in [2.75, 3.05) is 60.2 Å². The van der Waals surface area contributed by atoms with Crippen LogP contribution in [0.3, 0.4) is 0 Å². The van der Waals surface area contributed by atoms with Crippen LogP contribution in [0, 0.1) is 0 Å². The molecule has 2 heterocycles. The van der Waals surface area contributed by atoms with Gasteiger partial charge in [-0.25, -0.2) is 0 Å². The molecule has 0 aromatic heterocycles. The van der Waals surface area contributed by atoms with Crippen LogP contribution in [0.1, 0.15) is 58.3 Å². The van der Waals surface area contributed by atoms with Crippen LogP contribution in [0.5, 0.6) is 0 Å². The van der Waals surface area contributed by atoms with E-state index in [4.69, 9.17) is 0 Å². The number of hydrogen-bond acceptors (Lipinski definition) is 5. The van der Waals surface area contributed by atoms with Crippen molar-refractivity contribution >= 4 is 0 Å². The normalized spacial score (nSPS) is 16.6. The van der Waals surface area contributed by atoms with Crippen molar-refractivity contribution in [2.45, 2.75) is 58.3 Å². The van der Waals surface area contributed by atoms with Crippen molar-refractivity contribution in [3.05, 3.63) is 24.8 Å². The van der Waals surface area contributed by atoms with Crippen LogP contribution in [0.4, 0.5) is 0 Å². The summed E-state index contributed by atoms with van der Waals surface area (Å²) >= 11 is 0. The van der Waals surface area contributed by atoms with Crippen LogP contribution in [-0.4, -0.2) is 84.7 Å². The van der Waals surface area contributed by atoms with Gasteiger partial charge in [-0.15, -0.1) is 0 Å². The molecule has 0 aliphatic carbocycles. The lowest BCUT2D eigenvalue weighted by atomic mass is 10.1. The first-order valence-corrected chi connectivity index (χ1v) is 11.1. The first kappa shape index (κ1) is 21.9. The van der Waals surface area contributed by atoms with Crippen molar-refractivity contribution in [3.8, 4) is 0 Å². The van der Waals surface area contributed by atoms with Gasteiger partial charge >= 0.3 is 0 Å². The van der Waals surface area contributed by atoms with Crippen LogP contribution in [0.15, 0.2) is 24.8 Å². The highest BCUT2D eigenvalue weighted by Crippen LogP contribution is 2.09. The van der Waals surface area contributed by atoms with Crippen molar-refractivity contribution in [3.63, 3.8) is 0 Å². The van der Waals surface area contributed by atoms with Gasteiger partial charge in [0.25, 0.3) is 0 Å². The largest absolute Gasteiger partial charge is 0.362 e. The number of unbranched alkanes of at least 4 members (excludes halogenated alkanes) is 5. The molecule has 0 bridgehead atoms. The third-order valence-corrected chi connectivity index (χ3v) is 5.54. The molecule has 0 amide bonds. The smallest absolute Gasteiger partial charge is 0.0890 e. The molecule has 0 N–H and O–H groups in total. The summed E-state index contributed by atoms with van der Waals surface area (Å²) in [5.41, 5.74) is 0. The van der Waals surface area contributed by atoms with E-state index in [-0.39, 0.29) is 0 Å². The Hall–Kier alpha value is -1.36. The SMILES string of the molecule is CCCCCCCCN(CCCN1C=CN(C)C1)CCCN1C=CN(C)C1. The predicted molar refractivity (Wildman–Crippen MR) is 116 cm³/mol. The second-order valence-electron chi connectivity index (χ2n) is 8.33. The minimum absolute atomic E-state index is 1.05. The Balaban J connectivity index is 1.61. The fourth-order valence-corrected chi connectivity index (χ4v) is 3.91. The summed E-state index contributed by atoms with van der Waals surface area (Å²) in [7, 11) is 4.29. The maximum absolute atomic E-state index is 2.72. The Labute approximate surface area is 168 Å². The zero-order valence-electron chi connectivity index (χ0n) is 18.2. The number of hydrogen-bond donors (Lipinski definition) is 0. The van der Waals surface area contributed by atoms with Gasteiger partial charge in [-0.3, -0.25) is 0 Å². The first-order chi connectivity index (χ1) is 13.2. The molecule has 27 heavy (non-hydrogen) atoms. The van der Waals surface area contributed by atoms with E-state index >= 15 is 0 Å². The van der Waals surface area contributed by atoms with Gasteiger partial charge in [-0.05, 0) is 38.9 Å². The zero-order chi connectivity index (χ0) is 19.3. The topological polar surface area (TPSA) is 16.2 Å². The molecule has 2 aliphatic rings. The van der Waals surface area contributed by atoms with Crippen LogP contribution < -0.4 is 0 Å². The Morgan fingerprint density at radius 2 is 1.11 bits per heavy atom. The molecule has 0 unspecified atom stereocenters. The fraction of sp³-hybridized carbons (Fsp3) is 0.818. The lowest BCUT2D eigenvalue weighted by molar-refractivity contribution is 0.220. The van der Waals surface area contributed by atoms with Gasteiger partial charge in [0.2, 0.25) is 0 Å². The van der Waals surface area contributed by atoms with Crippen LogP contribution in [0.25, 0.3) is 0 Å². The van der Waals surface area contributed by atoms with E-state index in [1.54, 1.807) is 0 Å². The molecule has 5 nitrogen and oxygen atoms in total. The zero-order valence-corrected chi connectivity index (χ0v) is 18.2. The summed E-state index contributed by atoms with van der Waals surface area (Å²) in [5.74, 6) is 0. The van der Waals surface area contributed by atoms with Gasteiger partial charge in [0.05, 0.1) is 13.3 Å². The number of nitrogens with zero attached hydrogens (tertiary/aromatic N) is 5. The third-order valence-electron chi connectivity index (χ3n) is 5.54. The average Bonchev–Trinajstić information content (AvgIpc) is 3.25. The Morgan fingerprint density at radius 1 is 0.630 bits per heavy atom. The molecule has 2 rings (SSSR count). The molecule has 0 aromatic rings. The quantitative estimate of drug-likeness (QED) is 0.403. The molecule has 0 saturated carbocycles. The molecule has 0 atom stereocenters. The Bertz CT molecular complexity index is 404. The van der Waals surface area contributed by atoms with Gasteiger partial charge in [0, 0.05) is 52.0 Å². The molecule has 0 fully saturated rings. The summed E-state index contributed by atoms with van der Waals surface area (Å²) in [6.45, 7) is 10.5. The van der Waals surface area contributed by atoms with E-state index in [2.05, 4.69) is 70.3 Å². The molecular weight excluding hydrogens is 334 g/mol. The van der Waals surface area contributed by atoms with Crippen molar-refractivity contribution < 1.29 is 0 Å². The van der Waals surface area contributed by atoms with Gasteiger partial charge in [0.15, 0.2) is 0 Å². The first-order valence-electron chi connectivity index (χ1n) is 11.1. The van der Waals surface area contributed by atoms with E-state index < -0.39 is 0 Å². The highest BCUT2D eigenvalue weighted by Gasteiger charge is 2.11. The summed E-state index contributed by atoms with van der Waals surface area (Å²) in [6, 6.07) is 0. The van der Waals surface area contributed by atoms with Crippen molar-refractivity contribution in [1.82, 2.24) is 24.5 Å². The third kappa shape index (κ3) is 9.41. The molecular formula is C22H43N5. The van der Waals surface area contributed by atoms with Gasteiger partial charge in [-0.1, -0.05) is 39.0 Å². The second-order valence-corrected chi connectivity index (χ2v) is 8.33. The maximum atomic E-state index is 2.72.